The van der Waals surface area contributed by atoms with Crippen LogP contribution in [-0.4, -0.2) is 9.38 Å². The number of rotatable bonds is 5. The van der Waals surface area contributed by atoms with E-state index in [-0.39, 0.29) is 0 Å². The number of halogens is 1. The van der Waals surface area contributed by atoms with Crippen LogP contribution in [0.3, 0.4) is 0 Å². The van der Waals surface area contributed by atoms with E-state index in [1.165, 1.54) is 33.6 Å². The molecule has 0 N–H and O–H groups in total. The molecule has 1 radical (unpaired) electrons. The molecule has 0 aliphatic rings. The molecule has 0 saturated heterocycles. The average molecular weight is 354 g/mol. The van der Waals surface area contributed by atoms with Crippen molar-refractivity contribution in [3.8, 4) is 11.1 Å². The van der Waals surface area contributed by atoms with Crippen molar-refractivity contribution >= 4 is 17.2 Å². The van der Waals surface area contributed by atoms with Crippen molar-refractivity contribution < 1.29 is 0 Å². The highest BCUT2D eigenvalue weighted by atomic mass is 35.5. The first-order valence-corrected chi connectivity index (χ1v) is 9.37. The minimum absolute atomic E-state index is 0.791. The van der Waals surface area contributed by atoms with Crippen LogP contribution in [0.15, 0.2) is 24.3 Å². The third-order valence-electron chi connectivity index (χ3n) is 4.76. The number of hydrogen-bond acceptors (Lipinski definition) is 1. The Bertz CT molecular complexity index is 898. The predicted molar refractivity (Wildman–Crippen MR) is 107 cm³/mol. The van der Waals surface area contributed by atoms with Gasteiger partial charge in [0.05, 0.1) is 0 Å². The molecular formula is C22H26ClN2. The molecule has 25 heavy (non-hydrogen) atoms. The Labute approximate surface area is 155 Å². The van der Waals surface area contributed by atoms with Crippen LogP contribution in [0.2, 0.25) is 5.02 Å². The Morgan fingerprint density at radius 1 is 1.04 bits per heavy atom. The Hall–Kier alpha value is -1.80. The zero-order valence-corrected chi connectivity index (χ0v) is 16.5. The number of nitrogens with zero attached hydrogens (tertiary/aromatic N) is 2. The van der Waals surface area contributed by atoms with Gasteiger partial charge in [0.2, 0.25) is 0 Å². The molecule has 3 rings (SSSR count). The fourth-order valence-corrected chi connectivity index (χ4v) is 4.09. The smallest absolute Gasteiger partial charge is 0.145 e. The minimum atomic E-state index is 0.791. The number of unbranched alkanes of at least 4 members (excludes halogenated alkanes) is 2. The van der Waals surface area contributed by atoms with Gasteiger partial charge in [-0.05, 0) is 87.9 Å². The monoisotopic (exact) mass is 353 g/mol. The molecule has 2 aromatic heterocycles. The Morgan fingerprint density at radius 2 is 1.72 bits per heavy atom. The van der Waals surface area contributed by atoms with Gasteiger partial charge in [-0.25, -0.2) is 4.98 Å². The molecule has 2 nitrogen and oxygen atoms in total. The van der Waals surface area contributed by atoms with E-state index in [4.69, 9.17) is 16.6 Å². The molecule has 0 fully saturated rings. The maximum absolute atomic E-state index is 6.23. The van der Waals surface area contributed by atoms with Gasteiger partial charge in [0.25, 0.3) is 0 Å². The average Bonchev–Trinajstić information content (AvgIpc) is 2.83. The fraction of sp³-hybridized carbons (Fsp3) is 0.364. The molecule has 0 spiro atoms. The highest BCUT2D eigenvalue weighted by Crippen LogP contribution is 2.35. The lowest BCUT2D eigenvalue weighted by Gasteiger charge is -2.12. The van der Waals surface area contributed by atoms with E-state index in [0.717, 1.165) is 35.6 Å². The highest BCUT2D eigenvalue weighted by molar-refractivity contribution is 6.30. The van der Waals surface area contributed by atoms with Crippen LogP contribution in [0.25, 0.3) is 16.8 Å². The lowest BCUT2D eigenvalue weighted by molar-refractivity contribution is 0.820. The van der Waals surface area contributed by atoms with Crippen molar-refractivity contribution in [2.75, 3.05) is 0 Å². The highest BCUT2D eigenvalue weighted by Gasteiger charge is 2.17. The summed E-state index contributed by atoms with van der Waals surface area (Å²) in [7, 11) is 0. The van der Waals surface area contributed by atoms with Crippen LogP contribution < -0.4 is 0 Å². The van der Waals surface area contributed by atoms with Crippen LogP contribution in [-0.2, 0) is 6.42 Å². The van der Waals surface area contributed by atoms with E-state index in [0.29, 0.717) is 0 Å². The quantitative estimate of drug-likeness (QED) is 0.483. The summed E-state index contributed by atoms with van der Waals surface area (Å²) in [5.41, 5.74) is 9.54. The summed E-state index contributed by atoms with van der Waals surface area (Å²) >= 11 is 6.23. The molecule has 3 aromatic rings. The van der Waals surface area contributed by atoms with Crippen molar-refractivity contribution in [1.29, 1.82) is 0 Å². The van der Waals surface area contributed by atoms with Crippen LogP contribution in [0.1, 0.15) is 48.0 Å². The molecule has 0 aliphatic carbocycles. The lowest BCUT2D eigenvalue weighted by atomic mass is 9.97. The van der Waals surface area contributed by atoms with Gasteiger partial charge in [-0.3, -0.25) is 0 Å². The van der Waals surface area contributed by atoms with Gasteiger partial charge in [-0.1, -0.05) is 24.9 Å². The van der Waals surface area contributed by atoms with Gasteiger partial charge in [0.15, 0.2) is 0 Å². The first kappa shape index (κ1) is 18.0. The van der Waals surface area contributed by atoms with Crippen molar-refractivity contribution in [2.24, 2.45) is 0 Å². The maximum Gasteiger partial charge on any atom is 0.145 e. The molecular weight excluding hydrogens is 328 g/mol. The van der Waals surface area contributed by atoms with Gasteiger partial charge in [-0.15, -0.1) is 0 Å². The van der Waals surface area contributed by atoms with Crippen molar-refractivity contribution in [3.05, 3.63) is 63.9 Å². The van der Waals surface area contributed by atoms with Crippen LogP contribution in [0.5, 0.6) is 0 Å². The number of fused-ring (bicyclic) bond motifs is 1. The summed E-state index contributed by atoms with van der Waals surface area (Å²) in [4.78, 5) is 4.89. The largest absolute Gasteiger partial charge is 0.302 e. The summed E-state index contributed by atoms with van der Waals surface area (Å²) in [5, 5.41) is 0.791. The normalized spacial score (nSPS) is 11.4. The van der Waals surface area contributed by atoms with Gasteiger partial charge in [-0.2, -0.15) is 0 Å². The van der Waals surface area contributed by atoms with Crippen molar-refractivity contribution in [2.45, 2.75) is 53.9 Å². The molecule has 1 aromatic carbocycles. The zero-order chi connectivity index (χ0) is 18.1. The maximum atomic E-state index is 6.23. The fourth-order valence-electron chi connectivity index (χ4n) is 3.76. The Kier molecular flexibility index (Phi) is 5.19. The van der Waals surface area contributed by atoms with E-state index in [2.05, 4.69) is 57.6 Å². The van der Waals surface area contributed by atoms with E-state index < -0.39 is 0 Å². The Balaban J connectivity index is 2.22. The van der Waals surface area contributed by atoms with Gasteiger partial charge >= 0.3 is 0 Å². The SMILES string of the molecule is CC[CH]CCc1cc(C)nc2c(-c3c(C)cc(Cl)cc3C)cc(C)n12. The second-order valence-electron chi connectivity index (χ2n) is 6.90. The van der Waals surface area contributed by atoms with E-state index in [1.807, 2.05) is 12.1 Å². The molecule has 0 saturated carbocycles. The van der Waals surface area contributed by atoms with Crippen LogP contribution in [0, 0.1) is 34.1 Å². The standard InChI is InChI=1S/C22H26ClN2/c1-6-7-8-9-19-12-16(4)24-22-20(13-17(5)25(19)22)21-14(2)10-18(23)11-15(21)3/h7,10-13H,6,8-9H2,1-5H3. The van der Waals surface area contributed by atoms with Crippen LogP contribution >= 0.6 is 11.6 Å². The van der Waals surface area contributed by atoms with E-state index >= 15 is 0 Å². The number of aromatic nitrogens is 2. The van der Waals surface area contributed by atoms with E-state index in [9.17, 15) is 0 Å². The summed E-state index contributed by atoms with van der Waals surface area (Å²) in [5.74, 6) is 0. The van der Waals surface area contributed by atoms with Gasteiger partial charge < -0.3 is 4.40 Å². The topological polar surface area (TPSA) is 17.3 Å². The summed E-state index contributed by atoms with van der Waals surface area (Å²) in [6.45, 7) is 10.7. The molecule has 131 valence electrons. The number of aryl methyl sites for hydroxylation is 5. The summed E-state index contributed by atoms with van der Waals surface area (Å²) < 4.78 is 2.32. The van der Waals surface area contributed by atoms with Crippen molar-refractivity contribution in [1.82, 2.24) is 9.38 Å². The first-order valence-electron chi connectivity index (χ1n) is 8.99. The molecule has 0 bridgehead atoms. The molecule has 0 amide bonds. The summed E-state index contributed by atoms with van der Waals surface area (Å²) in [6.07, 6.45) is 5.60. The third kappa shape index (κ3) is 3.46. The molecule has 3 heteroatoms. The minimum Gasteiger partial charge on any atom is -0.302 e. The first-order chi connectivity index (χ1) is 11.9. The molecule has 0 aliphatic heterocycles. The molecule has 2 heterocycles. The second kappa shape index (κ2) is 7.21. The predicted octanol–water partition coefficient (Wildman–Crippen LogP) is 6.44. The number of hydrogen-bond donors (Lipinski definition) is 0. The van der Waals surface area contributed by atoms with Crippen molar-refractivity contribution in [3.63, 3.8) is 0 Å². The van der Waals surface area contributed by atoms with Crippen LogP contribution in [0.4, 0.5) is 0 Å². The second-order valence-corrected chi connectivity index (χ2v) is 7.33. The lowest BCUT2D eigenvalue weighted by Crippen LogP contribution is -2.03. The zero-order valence-electron chi connectivity index (χ0n) is 15.8. The molecule has 0 atom stereocenters. The Morgan fingerprint density at radius 3 is 2.36 bits per heavy atom. The third-order valence-corrected chi connectivity index (χ3v) is 4.98. The number of benzene rings is 1. The van der Waals surface area contributed by atoms with Gasteiger partial charge in [0, 0.05) is 27.7 Å². The summed E-state index contributed by atoms with van der Waals surface area (Å²) in [6, 6.07) is 8.55. The van der Waals surface area contributed by atoms with Gasteiger partial charge in [0.1, 0.15) is 5.65 Å². The van der Waals surface area contributed by atoms with E-state index in [1.54, 1.807) is 0 Å². The molecule has 0 unspecified atom stereocenters.